The van der Waals surface area contributed by atoms with Gasteiger partial charge >= 0.3 is 5.97 Å². The first-order valence-corrected chi connectivity index (χ1v) is 7.86. The van der Waals surface area contributed by atoms with Gasteiger partial charge in [0.1, 0.15) is 5.56 Å². The summed E-state index contributed by atoms with van der Waals surface area (Å²) in [5.74, 6) is -0.799. The maximum Gasteiger partial charge on any atom is 0.342 e. The Balaban J connectivity index is 2.64. The van der Waals surface area contributed by atoms with Gasteiger partial charge in [0.25, 0.3) is 9.05 Å². The van der Waals surface area contributed by atoms with Crippen LogP contribution in [0.3, 0.4) is 0 Å². The van der Waals surface area contributed by atoms with E-state index in [2.05, 4.69) is 10.1 Å². The lowest BCUT2D eigenvalue weighted by molar-refractivity contribution is 0.0521. The largest absolute Gasteiger partial charge is 0.462 e. The van der Waals surface area contributed by atoms with E-state index in [9.17, 15) is 13.2 Å². The molecule has 2 rings (SSSR count). The van der Waals surface area contributed by atoms with E-state index in [0.29, 0.717) is 5.69 Å². The first-order valence-electron chi connectivity index (χ1n) is 5.55. The number of carbonyl (C=O) groups is 1. The van der Waals surface area contributed by atoms with Crippen molar-refractivity contribution in [2.75, 3.05) is 6.61 Å². The molecule has 2 aromatic heterocycles. The smallest absolute Gasteiger partial charge is 0.342 e. The highest BCUT2D eigenvalue weighted by Gasteiger charge is 2.28. The third kappa shape index (κ3) is 2.81. The Kier molecular flexibility index (Phi) is 4.05. The molecule has 0 radical (unpaired) electrons. The molecule has 0 fully saturated rings. The number of aromatic nitrogens is 3. The average Bonchev–Trinajstić information content (AvgIpc) is 2.84. The van der Waals surface area contributed by atoms with Crippen LogP contribution in [0.4, 0.5) is 0 Å². The summed E-state index contributed by atoms with van der Waals surface area (Å²) in [7, 11) is 1.21. The van der Waals surface area contributed by atoms with Gasteiger partial charge < -0.3 is 4.74 Å². The van der Waals surface area contributed by atoms with Crippen molar-refractivity contribution in [3.8, 4) is 5.69 Å². The summed E-state index contributed by atoms with van der Waals surface area (Å²) in [5.41, 5.74) is 0.202. The lowest BCUT2D eigenvalue weighted by Crippen LogP contribution is -2.11. The number of ether oxygens (including phenoxy) is 1. The van der Waals surface area contributed by atoms with Crippen LogP contribution < -0.4 is 0 Å². The molecule has 0 amide bonds. The van der Waals surface area contributed by atoms with Crippen LogP contribution in [0.15, 0.2) is 35.7 Å². The summed E-state index contributed by atoms with van der Waals surface area (Å²) in [5, 5.41) is 3.45. The molecule has 2 heterocycles. The molecule has 0 saturated heterocycles. The van der Waals surface area contributed by atoms with Crippen molar-refractivity contribution in [3.05, 3.63) is 36.3 Å². The third-order valence-electron chi connectivity index (χ3n) is 2.36. The van der Waals surface area contributed by atoms with Gasteiger partial charge in [-0.2, -0.15) is 5.10 Å². The molecule has 2 aromatic rings. The SMILES string of the molecule is CCOC(=O)c1cnn(-c2ccncc2)c1S(=O)(=O)Cl. The molecular weight excluding hydrogens is 306 g/mol. The number of esters is 1. The number of rotatable bonds is 4. The Labute approximate surface area is 119 Å². The van der Waals surface area contributed by atoms with E-state index in [1.807, 2.05) is 0 Å². The summed E-state index contributed by atoms with van der Waals surface area (Å²) in [6, 6.07) is 3.07. The lowest BCUT2D eigenvalue weighted by atomic mass is 10.3. The second-order valence-corrected chi connectivity index (χ2v) is 6.12. The van der Waals surface area contributed by atoms with E-state index in [-0.39, 0.29) is 12.2 Å². The van der Waals surface area contributed by atoms with Gasteiger partial charge in [-0.25, -0.2) is 17.9 Å². The molecule has 9 heteroatoms. The van der Waals surface area contributed by atoms with Gasteiger partial charge in [0.2, 0.25) is 0 Å². The van der Waals surface area contributed by atoms with Crippen molar-refractivity contribution < 1.29 is 17.9 Å². The minimum atomic E-state index is -4.18. The summed E-state index contributed by atoms with van der Waals surface area (Å²) >= 11 is 0. The quantitative estimate of drug-likeness (QED) is 0.625. The number of carbonyl (C=O) groups excluding carboxylic acids is 1. The van der Waals surface area contributed by atoms with E-state index >= 15 is 0 Å². The van der Waals surface area contributed by atoms with Crippen molar-refractivity contribution in [2.45, 2.75) is 11.9 Å². The lowest BCUT2D eigenvalue weighted by Gasteiger charge is -2.06. The van der Waals surface area contributed by atoms with E-state index in [4.69, 9.17) is 15.4 Å². The fraction of sp³-hybridized carbons (Fsp3) is 0.182. The van der Waals surface area contributed by atoms with E-state index in [1.54, 1.807) is 6.92 Å². The van der Waals surface area contributed by atoms with E-state index in [1.165, 1.54) is 24.5 Å². The van der Waals surface area contributed by atoms with Crippen LogP contribution in [0.25, 0.3) is 5.69 Å². The molecule has 0 aromatic carbocycles. The number of hydrogen-bond acceptors (Lipinski definition) is 6. The van der Waals surface area contributed by atoms with Crippen LogP contribution >= 0.6 is 10.7 Å². The number of halogens is 1. The Morgan fingerprint density at radius 1 is 1.40 bits per heavy atom. The molecule has 0 atom stereocenters. The molecular formula is C11H10ClN3O4S. The normalized spacial score (nSPS) is 11.3. The Bertz CT molecular complexity index is 727. The highest BCUT2D eigenvalue weighted by molar-refractivity contribution is 8.13. The van der Waals surface area contributed by atoms with Gasteiger partial charge in [-0.3, -0.25) is 4.98 Å². The summed E-state index contributed by atoms with van der Waals surface area (Å²) < 4.78 is 29.2. The number of nitrogens with zero attached hydrogens (tertiary/aromatic N) is 3. The van der Waals surface area contributed by atoms with Gasteiger partial charge in [-0.05, 0) is 19.1 Å². The van der Waals surface area contributed by atoms with Crippen LogP contribution in [0.1, 0.15) is 17.3 Å². The molecule has 0 spiro atoms. The van der Waals surface area contributed by atoms with Crippen molar-refractivity contribution in [2.24, 2.45) is 0 Å². The zero-order valence-corrected chi connectivity index (χ0v) is 11.9. The fourth-order valence-electron chi connectivity index (χ4n) is 1.59. The molecule has 0 bridgehead atoms. The van der Waals surface area contributed by atoms with Crippen molar-refractivity contribution in [1.29, 1.82) is 0 Å². The fourth-order valence-corrected chi connectivity index (χ4v) is 2.79. The maximum absolute atomic E-state index is 11.7. The Morgan fingerprint density at radius 3 is 2.60 bits per heavy atom. The van der Waals surface area contributed by atoms with Crippen LogP contribution in [0.5, 0.6) is 0 Å². The van der Waals surface area contributed by atoms with Gasteiger partial charge in [0.15, 0.2) is 5.03 Å². The summed E-state index contributed by atoms with van der Waals surface area (Å²) in [4.78, 5) is 15.6. The predicted molar refractivity (Wildman–Crippen MR) is 70.4 cm³/mol. The van der Waals surface area contributed by atoms with Crippen LogP contribution in [-0.2, 0) is 13.8 Å². The van der Waals surface area contributed by atoms with Gasteiger partial charge in [-0.15, -0.1) is 0 Å². The second-order valence-electron chi connectivity index (χ2n) is 3.64. The molecule has 106 valence electrons. The van der Waals surface area contributed by atoms with Crippen molar-refractivity contribution in [1.82, 2.24) is 14.8 Å². The molecule has 0 N–H and O–H groups in total. The van der Waals surface area contributed by atoms with Crippen LogP contribution in [0.2, 0.25) is 0 Å². The molecule has 0 aliphatic carbocycles. The van der Waals surface area contributed by atoms with Crippen molar-refractivity contribution in [3.63, 3.8) is 0 Å². The Hall–Kier alpha value is -1.93. The third-order valence-corrected chi connectivity index (χ3v) is 3.65. The topological polar surface area (TPSA) is 91.2 Å². The van der Waals surface area contributed by atoms with E-state index in [0.717, 1.165) is 10.9 Å². The molecule has 0 aliphatic rings. The van der Waals surface area contributed by atoms with Crippen LogP contribution in [0, 0.1) is 0 Å². The number of hydrogen-bond donors (Lipinski definition) is 0. The molecule has 7 nitrogen and oxygen atoms in total. The molecule has 20 heavy (non-hydrogen) atoms. The molecule has 0 unspecified atom stereocenters. The van der Waals surface area contributed by atoms with Gasteiger partial charge in [0, 0.05) is 23.1 Å². The van der Waals surface area contributed by atoms with Gasteiger partial charge in [0.05, 0.1) is 18.5 Å². The summed E-state index contributed by atoms with van der Waals surface area (Å²) in [6.07, 6.45) is 4.03. The highest BCUT2D eigenvalue weighted by atomic mass is 35.7. The first kappa shape index (κ1) is 14.5. The zero-order chi connectivity index (χ0) is 14.8. The molecule has 0 saturated carbocycles. The van der Waals surface area contributed by atoms with E-state index < -0.39 is 20.0 Å². The van der Waals surface area contributed by atoms with Gasteiger partial charge in [-0.1, -0.05) is 0 Å². The minimum absolute atomic E-state index is 0.112. The standard InChI is InChI=1S/C11H10ClN3O4S/c1-2-19-11(16)9-7-14-15(10(9)20(12,17)18)8-3-5-13-6-4-8/h3-7H,2H2,1H3. The predicted octanol–water partition coefficient (Wildman–Crippen LogP) is 1.37. The first-order chi connectivity index (χ1) is 9.45. The Morgan fingerprint density at radius 2 is 2.05 bits per heavy atom. The molecule has 0 aliphatic heterocycles. The van der Waals surface area contributed by atoms with Crippen molar-refractivity contribution >= 4 is 25.7 Å². The van der Waals surface area contributed by atoms with Crippen LogP contribution in [-0.4, -0.2) is 35.8 Å². The average molecular weight is 316 g/mol. The highest BCUT2D eigenvalue weighted by Crippen LogP contribution is 2.23. The second kappa shape index (κ2) is 5.59. The minimum Gasteiger partial charge on any atom is -0.462 e. The maximum atomic E-state index is 11.7. The summed E-state index contributed by atoms with van der Waals surface area (Å²) in [6.45, 7) is 1.72. The monoisotopic (exact) mass is 315 g/mol. The number of pyridine rings is 1. The zero-order valence-electron chi connectivity index (χ0n) is 10.4.